The summed E-state index contributed by atoms with van der Waals surface area (Å²) in [5.41, 5.74) is 3.17. The molecular weight excluding hydrogens is 336 g/mol. The smallest absolute Gasteiger partial charge is 0.263 e. The van der Waals surface area contributed by atoms with Crippen LogP contribution in [0.2, 0.25) is 0 Å². The first-order chi connectivity index (χ1) is 12.2. The van der Waals surface area contributed by atoms with Crippen molar-refractivity contribution < 1.29 is 4.79 Å². The molecule has 3 aromatic heterocycles. The summed E-state index contributed by atoms with van der Waals surface area (Å²) in [6.07, 6.45) is 8.57. The molecule has 1 amide bonds. The van der Waals surface area contributed by atoms with E-state index in [0.717, 1.165) is 30.7 Å². The molecule has 128 valence electrons. The molecule has 3 heterocycles. The minimum absolute atomic E-state index is 0.0653. The number of carbonyl (C=O) groups is 1. The fraction of sp³-hybridized carbons (Fsp3) is 0.353. The Morgan fingerprint density at radius 3 is 3.04 bits per heavy atom. The minimum atomic E-state index is -0.0653. The second-order valence-corrected chi connectivity index (χ2v) is 7.01. The number of nitrogens with one attached hydrogen (secondary N) is 2. The van der Waals surface area contributed by atoms with Crippen molar-refractivity contribution in [3.8, 4) is 10.8 Å². The molecule has 2 N–H and O–H groups in total. The maximum Gasteiger partial charge on any atom is 0.263 e. The number of rotatable bonds is 4. The maximum atomic E-state index is 12.8. The highest BCUT2D eigenvalue weighted by Gasteiger charge is 2.25. The zero-order valence-corrected chi connectivity index (χ0v) is 14.6. The van der Waals surface area contributed by atoms with Crippen LogP contribution < -0.4 is 5.32 Å². The number of amides is 1. The first-order valence-corrected chi connectivity index (χ1v) is 9.15. The van der Waals surface area contributed by atoms with Crippen molar-refractivity contribution >= 4 is 17.2 Å². The number of aromatic amines is 1. The number of carbonyl (C=O) groups excluding carboxylic acids is 1. The molecule has 8 heteroatoms. The fourth-order valence-corrected chi connectivity index (χ4v) is 4.06. The number of fused-ring (bicyclic) bond motifs is 1. The van der Waals surface area contributed by atoms with Gasteiger partial charge < -0.3 is 5.32 Å². The van der Waals surface area contributed by atoms with Gasteiger partial charge in [0.1, 0.15) is 4.88 Å². The van der Waals surface area contributed by atoms with Crippen molar-refractivity contribution in [1.29, 1.82) is 0 Å². The van der Waals surface area contributed by atoms with Crippen LogP contribution in [0.25, 0.3) is 10.8 Å². The van der Waals surface area contributed by atoms with Gasteiger partial charge in [-0.1, -0.05) is 6.92 Å². The van der Waals surface area contributed by atoms with Crippen LogP contribution >= 0.6 is 11.3 Å². The molecule has 0 bridgehead atoms. The van der Waals surface area contributed by atoms with Crippen molar-refractivity contribution in [3.63, 3.8) is 0 Å². The summed E-state index contributed by atoms with van der Waals surface area (Å²) >= 11 is 1.35. The van der Waals surface area contributed by atoms with Crippen molar-refractivity contribution in [2.75, 3.05) is 0 Å². The van der Waals surface area contributed by atoms with E-state index in [1.54, 1.807) is 18.5 Å². The van der Waals surface area contributed by atoms with Crippen molar-refractivity contribution in [2.24, 2.45) is 0 Å². The Morgan fingerprint density at radius 2 is 2.24 bits per heavy atom. The van der Waals surface area contributed by atoms with Crippen LogP contribution in [0.5, 0.6) is 0 Å². The molecule has 7 nitrogen and oxygen atoms in total. The third-order valence-corrected chi connectivity index (χ3v) is 5.44. The van der Waals surface area contributed by atoms with Crippen LogP contribution in [0.4, 0.5) is 0 Å². The van der Waals surface area contributed by atoms with Crippen molar-refractivity contribution in [1.82, 2.24) is 30.5 Å². The van der Waals surface area contributed by atoms with Gasteiger partial charge in [-0.05, 0) is 30.9 Å². The maximum absolute atomic E-state index is 12.8. The summed E-state index contributed by atoms with van der Waals surface area (Å²) < 4.78 is 0. The van der Waals surface area contributed by atoms with Crippen LogP contribution in [0.3, 0.4) is 0 Å². The number of nitrogens with zero attached hydrogens (tertiary/aromatic N) is 4. The molecular formula is C17H18N6OS. The molecule has 0 fully saturated rings. The van der Waals surface area contributed by atoms with Gasteiger partial charge in [-0.3, -0.25) is 9.89 Å². The molecule has 0 saturated carbocycles. The lowest BCUT2D eigenvalue weighted by Crippen LogP contribution is -2.38. The van der Waals surface area contributed by atoms with Gasteiger partial charge in [-0.15, -0.1) is 11.3 Å². The number of aryl methyl sites for hydroxylation is 2. The summed E-state index contributed by atoms with van der Waals surface area (Å²) in [6, 6.07) is 1.88. The Bertz CT molecular complexity index is 888. The SMILES string of the molecule is CCc1nc(-c2ncccn2)sc1C(=O)NC1CCc2cn[nH]c2C1. The number of hydrogen-bond acceptors (Lipinski definition) is 6. The first-order valence-electron chi connectivity index (χ1n) is 8.33. The largest absolute Gasteiger partial charge is 0.348 e. The van der Waals surface area contributed by atoms with Crippen LogP contribution in [0.1, 0.15) is 40.0 Å². The van der Waals surface area contributed by atoms with Crippen LogP contribution in [-0.2, 0) is 19.3 Å². The van der Waals surface area contributed by atoms with Gasteiger partial charge in [-0.2, -0.15) is 5.10 Å². The first kappa shape index (κ1) is 15.9. The van der Waals surface area contributed by atoms with Gasteiger partial charge >= 0.3 is 0 Å². The normalized spacial score (nSPS) is 16.4. The predicted octanol–water partition coefficient (Wildman–Crippen LogP) is 2.17. The van der Waals surface area contributed by atoms with Crippen molar-refractivity contribution in [2.45, 2.75) is 38.6 Å². The lowest BCUT2D eigenvalue weighted by Gasteiger charge is -2.22. The summed E-state index contributed by atoms with van der Waals surface area (Å²) in [7, 11) is 0. The molecule has 0 saturated heterocycles. The molecule has 3 aromatic rings. The monoisotopic (exact) mass is 354 g/mol. The number of H-pyrrole nitrogens is 1. The third-order valence-electron chi connectivity index (χ3n) is 4.35. The third kappa shape index (κ3) is 3.17. The molecule has 0 spiro atoms. The molecule has 25 heavy (non-hydrogen) atoms. The Kier molecular flexibility index (Phi) is 4.27. The van der Waals surface area contributed by atoms with Crippen LogP contribution in [0.15, 0.2) is 24.7 Å². The van der Waals surface area contributed by atoms with Crippen LogP contribution in [0, 0.1) is 0 Å². The molecule has 1 atom stereocenters. The average Bonchev–Trinajstić information content (AvgIpc) is 3.28. The van der Waals surface area contributed by atoms with Gasteiger partial charge in [0.05, 0.1) is 11.9 Å². The summed E-state index contributed by atoms with van der Waals surface area (Å²) in [5, 5.41) is 10.9. The highest BCUT2D eigenvalue weighted by atomic mass is 32.1. The van der Waals surface area contributed by atoms with Gasteiger partial charge in [-0.25, -0.2) is 15.0 Å². The number of hydrogen-bond donors (Lipinski definition) is 2. The van der Waals surface area contributed by atoms with E-state index in [4.69, 9.17) is 0 Å². The van der Waals surface area contributed by atoms with E-state index in [1.807, 2.05) is 13.1 Å². The van der Waals surface area contributed by atoms with E-state index in [-0.39, 0.29) is 11.9 Å². The second-order valence-electron chi connectivity index (χ2n) is 6.01. The molecule has 4 rings (SSSR count). The van der Waals surface area contributed by atoms with Crippen LogP contribution in [-0.4, -0.2) is 37.1 Å². The molecule has 1 unspecified atom stereocenters. The van der Waals surface area contributed by atoms with E-state index in [1.165, 1.54) is 16.9 Å². The topological polar surface area (TPSA) is 96.4 Å². The Balaban J connectivity index is 1.53. The fourth-order valence-electron chi connectivity index (χ4n) is 3.06. The van der Waals surface area contributed by atoms with E-state index in [2.05, 4.69) is 30.5 Å². The Labute approximate surface area is 149 Å². The highest BCUT2D eigenvalue weighted by Crippen LogP contribution is 2.27. The Hall–Kier alpha value is -2.61. The van der Waals surface area contributed by atoms with Gasteiger partial charge in [0.2, 0.25) is 0 Å². The van der Waals surface area contributed by atoms with E-state index in [0.29, 0.717) is 22.1 Å². The molecule has 1 aliphatic carbocycles. The zero-order chi connectivity index (χ0) is 17.2. The lowest BCUT2D eigenvalue weighted by molar-refractivity contribution is 0.0936. The second kappa shape index (κ2) is 6.72. The van der Waals surface area contributed by atoms with E-state index in [9.17, 15) is 4.79 Å². The number of thiazole rings is 1. The molecule has 0 radical (unpaired) electrons. The Morgan fingerprint density at radius 1 is 1.40 bits per heavy atom. The molecule has 0 aliphatic heterocycles. The predicted molar refractivity (Wildman–Crippen MR) is 94.4 cm³/mol. The standard InChI is InChI=1S/C17H18N6OS/c1-2-12-14(25-17(22-12)15-18-6-3-7-19-15)16(24)21-11-5-4-10-9-20-23-13(10)8-11/h3,6-7,9,11H,2,4-5,8H2,1H3,(H,20,23)(H,21,24). The summed E-state index contributed by atoms with van der Waals surface area (Å²) in [6.45, 7) is 2.00. The van der Waals surface area contributed by atoms with E-state index < -0.39 is 0 Å². The molecule has 0 aromatic carbocycles. The summed E-state index contributed by atoms with van der Waals surface area (Å²) in [4.78, 5) is 26.4. The lowest BCUT2D eigenvalue weighted by atomic mass is 9.94. The van der Waals surface area contributed by atoms with Gasteiger partial charge in [0, 0.05) is 30.6 Å². The number of aromatic nitrogens is 5. The van der Waals surface area contributed by atoms with Crippen molar-refractivity contribution in [3.05, 3.63) is 46.5 Å². The minimum Gasteiger partial charge on any atom is -0.348 e. The quantitative estimate of drug-likeness (QED) is 0.748. The van der Waals surface area contributed by atoms with Gasteiger partial charge in [0.15, 0.2) is 10.8 Å². The zero-order valence-electron chi connectivity index (χ0n) is 13.8. The van der Waals surface area contributed by atoms with E-state index >= 15 is 0 Å². The highest BCUT2D eigenvalue weighted by molar-refractivity contribution is 7.17. The molecule has 1 aliphatic rings. The average molecular weight is 354 g/mol. The van der Waals surface area contributed by atoms with Gasteiger partial charge in [0.25, 0.3) is 5.91 Å². The summed E-state index contributed by atoms with van der Waals surface area (Å²) in [5.74, 6) is 0.491.